The van der Waals surface area contributed by atoms with Crippen molar-refractivity contribution in [2.75, 3.05) is 0 Å². The van der Waals surface area contributed by atoms with Crippen molar-refractivity contribution in [1.29, 1.82) is 0 Å². The van der Waals surface area contributed by atoms with Crippen molar-refractivity contribution in [3.8, 4) is 0 Å². The van der Waals surface area contributed by atoms with Crippen LogP contribution in [0.3, 0.4) is 0 Å². The number of rotatable bonds is 6. The molecule has 2 atom stereocenters. The van der Waals surface area contributed by atoms with Gasteiger partial charge in [-0.15, -0.1) is 11.6 Å². The first-order valence-corrected chi connectivity index (χ1v) is 8.05. The Balaban J connectivity index is 2.52. The van der Waals surface area contributed by atoms with E-state index in [0.29, 0.717) is 17.8 Å². The molecule has 2 unspecified atom stereocenters. The Kier molecular flexibility index (Phi) is 4.74. The van der Waals surface area contributed by atoms with Crippen LogP contribution in [0.15, 0.2) is 0 Å². The highest BCUT2D eigenvalue weighted by Gasteiger charge is 2.22. The third kappa shape index (κ3) is 2.58. The molecule has 0 aromatic carbocycles. The van der Waals surface area contributed by atoms with Crippen LogP contribution in [0.4, 0.5) is 0 Å². The molecule has 0 radical (unpaired) electrons. The number of aryl methyl sites for hydroxylation is 2. The molecule has 2 rings (SSSR count). The van der Waals surface area contributed by atoms with E-state index in [1.807, 2.05) is 11.7 Å². The molecule has 0 spiro atoms. The van der Waals surface area contributed by atoms with Crippen LogP contribution >= 0.6 is 11.6 Å². The summed E-state index contributed by atoms with van der Waals surface area (Å²) in [6, 6.07) is 0.392. The summed E-state index contributed by atoms with van der Waals surface area (Å²) in [5.74, 6) is 2.10. The van der Waals surface area contributed by atoms with E-state index in [1.165, 1.54) is 6.42 Å². The Hall–Kier alpha value is -1.03. The first-order chi connectivity index (χ1) is 9.53. The zero-order valence-electron chi connectivity index (χ0n) is 13.1. The zero-order chi connectivity index (χ0) is 14.9. The van der Waals surface area contributed by atoms with E-state index >= 15 is 0 Å². The number of fused-ring (bicyclic) bond motifs is 1. The van der Waals surface area contributed by atoms with Gasteiger partial charge in [0.1, 0.15) is 11.3 Å². The highest BCUT2D eigenvalue weighted by Crippen LogP contribution is 2.28. The number of halogens is 1. The molecule has 2 aromatic heterocycles. The van der Waals surface area contributed by atoms with Crippen LogP contribution in [0.5, 0.6) is 0 Å². The van der Waals surface area contributed by atoms with E-state index in [0.717, 1.165) is 35.5 Å². The molecule has 112 valence electrons. The molecule has 0 aliphatic heterocycles. The predicted molar refractivity (Wildman–Crippen MR) is 84.2 cm³/mol. The summed E-state index contributed by atoms with van der Waals surface area (Å²) in [6.45, 7) is 8.90. The maximum Gasteiger partial charge on any atom is 0.158 e. The number of hydrogen-bond acceptors (Lipinski definition) is 2. The maximum absolute atomic E-state index is 6.11. The smallest absolute Gasteiger partial charge is 0.158 e. The summed E-state index contributed by atoms with van der Waals surface area (Å²) in [4.78, 5) is 4.72. The fourth-order valence-corrected chi connectivity index (χ4v) is 3.09. The summed E-state index contributed by atoms with van der Waals surface area (Å²) >= 11 is 6.11. The van der Waals surface area contributed by atoms with Gasteiger partial charge in [0.05, 0.1) is 11.6 Å². The van der Waals surface area contributed by atoms with Gasteiger partial charge in [-0.2, -0.15) is 5.10 Å². The average Bonchev–Trinajstić information content (AvgIpc) is 2.96. The molecule has 0 aliphatic carbocycles. The molecule has 0 amide bonds. The van der Waals surface area contributed by atoms with Crippen molar-refractivity contribution in [2.24, 2.45) is 13.0 Å². The Morgan fingerprint density at radius 3 is 2.50 bits per heavy atom. The lowest BCUT2D eigenvalue weighted by atomic mass is 10.0. The highest BCUT2D eigenvalue weighted by molar-refractivity contribution is 6.16. The van der Waals surface area contributed by atoms with E-state index in [1.54, 1.807) is 0 Å². The number of aromatic nitrogens is 4. The molecule has 0 aliphatic rings. The van der Waals surface area contributed by atoms with Gasteiger partial charge in [0, 0.05) is 13.1 Å². The Morgan fingerprint density at radius 1 is 1.25 bits per heavy atom. The predicted octanol–water partition coefficient (Wildman–Crippen LogP) is 4.07. The molecule has 0 N–H and O–H groups in total. The molecule has 0 bridgehead atoms. The van der Waals surface area contributed by atoms with E-state index in [-0.39, 0.29) is 0 Å². The van der Waals surface area contributed by atoms with Gasteiger partial charge < -0.3 is 4.57 Å². The van der Waals surface area contributed by atoms with Gasteiger partial charge in [-0.3, -0.25) is 4.68 Å². The topological polar surface area (TPSA) is 35.6 Å². The lowest BCUT2D eigenvalue weighted by Gasteiger charge is -2.20. The average molecular weight is 297 g/mol. The number of hydrogen-bond donors (Lipinski definition) is 0. The van der Waals surface area contributed by atoms with Crippen LogP contribution in [-0.2, 0) is 19.3 Å². The third-order valence-electron chi connectivity index (χ3n) is 4.15. The minimum absolute atomic E-state index is 0.392. The summed E-state index contributed by atoms with van der Waals surface area (Å²) in [7, 11) is 1.99. The molecule has 0 saturated heterocycles. The minimum Gasteiger partial charge on any atom is -0.309 e. The van der Waals surface area contributed by atoms with Crippen molar-refractivity contribution in [3.05, 3.63) is 11.5 Å². The SMILES string of the molecule is CCc1nn(C)c2c1nc(CCl)n2C(C)CC(C)CC. The minimum atomic E-state index is 0.392. The first kappa shape index (κ1) is 15.4. The zero-order valence-corrected chi connectivity index (χ0v) is 13.9. The molecule has 5 heteroatoms. The van der Waals surface area contributed by atoms with Gasteiger partial charge in [-0.1, -0.05) is 27.2 Å². The van der Waals surface area contributed by atoms with Crippen molar-refractivity contribution in [1.82, 2.24) is 19.3 Å². The fourth-order valence-electron chi connectivity index (χ4n) is 2.90. The third-order valence-corrected chi connectivity index (χ3v) is 4.38. The van der Waals surface area contributed by atoms with E-state index < -0.39 is 0 Å². The van der Waals surface area contributed by atoms with E-state index in [9.17, 15) is 0 Å². The van der Waals surface area contributed by atoms with Gasteiger partial charge in [0.25, 0.3) is 0 Å². The second kappa shape index (κ2) is 6.17. The van der Waals surface area contributed by atoms with Crippen molar-refractivity contribution in [2.45, 2.75) is 58.9 Å². The maximum atomic E-state index is 6.11. The normalized spacial score (nSPS) is 14.9. The molecule has 0 fully saturated rings. The molecule has 0 saturated carbocycles. The quantitative estimate of drug-likeness (QED) is 0.753. The van der Waals surface area contributed by atoms with Crippen LogP contribution in [0.2, 0.25) is 0 Å². The van der Waals surface area contributed by atoms with Crippen LogP contribution in [0.25, 0.3) is 11.2 Å². The van der Waals surface area contributed by atoms with Crippen LogP contribution in [0, 0.1) is 5.92 Å². The summed E-state index contributed by atoms with van der Waals surface area (Å²) in [5.41, 5.74) is 3.18. The monoisotopic (exact) mass is 296 g/mol. The van der Waals surface area contributed by atoms with Crippen LogP contribution in [0.1, 0.15) is 58.1 Å². The second-order valence-corrected chi connectivity index (χ2v) is 5.99. The molecular formula is C15H25ClN4. The van der Waals surface area contributed by atoms with Gasteiger partial charge in [0.15, 0.2) is 5.65 Å². The lowest BCUT2D eigenvalue weighted by molar-refractivity contribution is 0.395. The Bertz CT molecular complexity index is 584. The van der Waals surface area contributed by atoms with Crippen molar-refractivity contribution in [3.63, 3.8) is 0 Å². The fraction of sp³-hybridized carbons (Fsp3) is 0.733. The molecule has 20 heavy (non-hydrogen) atoms. The Labute approximate surface area is 126 Å². The lowest BCUT2D eigenvalue weighted by Crippen LogP contribution is -2.14. The summed E-state index contributed by atoms with van der Waals surface area (Å²) in [6.07, 6.45) is 3.23. The van der Waals surface area contributed by atoms with Crippen molar-refractivity contribution < 1.29 is 0 Å². The van der Waals surface area contributed by atoms with Crippen LogP contribution < -0.4 is 0 Å². The van der Waals surface area contributed by atoms with Crippen LogP contribution in [-0.4, -0.2) is 19.3 Å². The largest absolute Gasteiger partial charge is 0.309 e. The summed E-state index contributed by atoms with van der Waals surface area (Å²) < 4.78 is 4.23. The molecule has 2 heterocycles. The highest BCUT2D eigenvalue weighted by atomic mass is 35.5. The summed E-state index contributed by atoms with van der Waals surface area (Å²) in [5, 5.41) is 4.58. The standard InChI is InChI=1S/C15H25ClN4/c1-6-10(3)8-11(4)20-13(9-16)17-14-12(7-2)18-19(5)15(14)20/h10-11H,6-9H2,1-5H3. The molecular weight excluding hydrogens is 272 g/mol. The molecule has 4 nitrogen and oxygen atoms in total. The number of nitrogens with zero attached hydrogens (tertiary/aromatic N) is 4. The van der Waals surface area contributed by atoms with E-state index in [2.05, 4.69) is 37.4 Å². The molecule has 2 aromatic rings. The second-order valence-electron chi connectivity index (χ2n) is 5.73. The van der Waals surface area contributed by atoms with Crippen molar-refractivity contribution >= 4 is 22.8 Å². The van der Waals surface area contributed by atoms with E-state index in [4.69, 9.17) is 16.6 Å². The number of alkyl halides is 1. The van der Waals surface area contributed by atoms with Gasteiger partial charge in [-0.25, -0.2) is 4.98 Å². The van der Waals surface area contributed by atoms with Gasteiger partial charge in [0.2, 0.25) is 0 Å². The number of imidazole rings is 1. The first-order valence-electron chi connectivity index (χ1n) is 7.52. The Morgan fingerprint density at radius 2 is 1.95 bits per heavy atom. The van der Waals surface area contributed by atoms with Gasteiger partial charge in [-0.05, 0) is 25.7 Å². The van der Waals surface area contributed by atoms with Gasteiger partial charge >= 0.3 is 0 Å².